The standard InChI is InChI=1S/C22H23N7O/c1-24-19(23)13-17(25-16-9-5-6-10-16)21(30)27-20-11-12-29-14-18(26-22(29)28-20)15-7-3-2-4-8-15/h2-4,7-8,11-12,14,16,23H,1,5-6,9-10,13H2,(H,26,27,28,30). The average Bonchev–Trinajstić information content (AvgIpc) is 3.43. The number of carbonyl (C=O) groups excluding carboxylic acids is 1. The number of hydrogen-bond acceptors (Lipinski definition) is 5. The number of hydrogen-bond donors (Lipinski definition) is 2. The van der Waals surface area contributed by atoms with E-state index in [4.69, 9.17) is 5.41 Å². The first kappa shape index (κ1) is 19.6. The summed E-state index contributed by atoms with van der Waals surface area (Å²) in [6.07, 6.45) is 7.91. The molecule has 0 aliphatic heterocycles. The summed E-state index contributed by atoms with van der Waals surface area (Å²) in [7, 11) is 0. The molecule has 0 saturated heterocycles. The molecule has 1 aromatic carbocycles. The van der Waals surface area contributed by atoms with Gasteiger partial charge in [0, 0.05) is 18.0 Å². The Bertz CT molecular complexity index is 1110. The number of imidazole rings is 1. The van der Waals surface area contributed by atoms with Crippen molar-refractivity contribution in [2.24, 2.45) is 9.98 Å². The van der Waals surface area contributed by atoms with Crippen molar-refractivity contribution in [1.82, 2.24) is 14.4 Å². The fourth-order valence-corrected chi connectivity index (χ4v) is 3.53. The lowest BCUT2D eigenvalue weighted by atomic mass is 10.2. The third-order valence-electron chi connectivity index (χ3n) is 5.09. The Labute approximate surface area is 174 Å². The van der Waals surface area contributed by atoms with Crippen molar-refractivity contribution in [1.29, 1.82) is 5.41 Å². The van der Waals surface area contributed by atoms with Crippen LogP contribution < -0.4 is 5.32 Å². The van der Waals surface area contributed by atoms with Crippen molar-refractivity contribution >= 4 is 35.8 Å². The Kier molecular flexibility index (Phi) is 5.74. The van der Waals surface area contributed by atoms with Gasteiger partial charge in [-0.2, -0.15) is 4.98 Å². The van der Waals surface area contributed by atoms with Gasteiger partial charge >= 0.3 is 0 Å². The Morgan fingerprint density at radius 2 is 1.97 bits per heavy atom. The molecule has 8 heteroatoms. The first-order valence-corrected chi connectivity index (χ1v) is 9.96. The predicted octanol–water partition coefficient (Wildman–Crippen LogP) is 3.79. The maximum absolute atomic E-state index is 12.8. The molecule has 2 heterocycles. The van der Waals surface area contributed by atoms with Crippen LogP contribution in [0, 0.1) is 5.41 Å². The fraction of sp³-hybridized carbons (Fsp3) is 0.273. The van der Waals surface area contributed by atoms with Crippen molar-refractivity contribution in [2.45, 2.75) is 38.1 Å². The maximum Gasteiger partial charge on any atom is 0.271 e. The van der Waals surface area contributed by atoms with E-state index in [9.17, 15) is 4.79 Å². The Morgan fingerprint density at radius 3 is 2.70 bits per heavy atom. The molecule has 1 amide bonds. The molecule has 0 radical (unpaired) electrons. The number of amidine groups is 1. The van der Waals surface area contributed by atoms with Crippen molar-refractivity contribution in [3.63, 3.8) is 0 Å². The number of fused-ring (bicyclic) bond motifs is 1. The normalized spacial score (nSPS) is 14.7. The zero-order valence-corrected chi connectivity index (χ0v) is 16.6. The predicted molar refractivity (Wildman–Crippen MR) is 119 cm³/mol. The first-order valence-electron chi connectivity index (χ1n) is 9.96. The summed E-state index contributed by atoms with van der Waals surface area (Å²) < 4.78 is 1.81. The van der Waals surface area contributed by atoms with Crippen LogP contribution in [-0.2, 0) is 4.79 Å². The third kappa shape index (κ3) is 4.48. The van der Waals surface area contributed by atoms with Crippen LogP contribution in [0.3, 0.4) is 0 Å². The van der Waals surface area contributed by atoms with Crippen molar-refractivity contribution in [2.75, 3.05) is 5.32 Å². The lowest BCUT2D eigenvalue weighted by Gasteiger charge is -2.10. The van der Waals surface area contributed by atoms with Gasteiger partial charge in [-0.15, -0.1) is 0 Å². The van der Waals surface area contributed by atoms with Gasteiger partial charge in [0.05, 0.1) is 18.2 Å². The second-order valence-corrected chi connectivity index (χ2v) is 7.26. The minimum Gasteiger partial charge on any atom is -0.305 e. The molecule has 2 aromatic heterocycles. The minimum absolute atomic E-state index is 0.0195. The number of carbonyl (C=O) groups is 1. The zero-order valence-electron chi connectivity index (χ0n) is 16.6. The van der Waals surface area contributed by atoms with E-state index in [1.807, 2.05) is 40.9 Å². The van der Waals surface area contributed by atoms with Gasteiger partial charge in [0.1, 0.15) is 17.4 Å². The number of aliphatic imine (C=N–C) groups is 2. The van der Waals surface area contributed by atoms with Crippen LogP contribution in [0.5, 0.6) is 0 Å². The van der Waals surface area contributed by atoms with Gasteiger partial charge in [-0.25, -0.2) is 9.98 Å². The zero-order chi connectivity index (χ0) is 20.9. The quantitative estimate of drug-likeness (QED) is 0.484. The Hall–Kier alpha value is -3.68. The molecule has 0 atom stereocenters. The van der Waals surface area contributed by atoms with Crippen molar-refractivity contribution in [3.8, 4) is 11.3 Å². The van der Waals surface area contributed by atoms with Gasteiger partial charge < -0.3 is 5.32 Å². The number of nitrogens with zero attached hydrogens (tertiary/aromatic N) is 5. The maximum atomic E-state index is 12.8. The van der Waals surface area contributed by atoms with E-state index in [2.05, 4.69) is 32.0 Å². The number of nitrogens with one attached hydrogen (secondary N) is 2. The molecule has 4 rings (SSSR count). The Morgan fingerprint density at radius 1 is 1.20 bits per heavy atom. The monoisotopic (exact) mass is 401 g/mol. The molecule has 2 N–H and O–H groups in total. The molecular weight excluding hydrogens is 378 g/mol. The minimum atomic E-state index is -0.373. The molecule has 1 aliphatic rings. The molecular formula is C22H23N7O. The summed E-state index contributed by atoms with van der Waals surface area (Å²) in [6, 6.07) is 11.7. The average molecular weight is 401 g/mol. The van der Waals surface area contributed by atoms with Crippen LogP contribution in [-0.4, -0.2) is 44.6 Å². The highest BCUT2D eigenvalue weighted by atomic mass is 16.2. The first-order chi connectivity index (χ1) is 14.6. The number of benzene rings is 1. The van der Waals surface area contributed by atoms with Crippen LogP contribution in [0.1, 0.15) is 32.1 Å². The van der Waals surface area contributed by atoms with Gasteiger partial charge in [0.15, 0.2) is 0 Å². The molecule has 0 unspecified atom stereocenters. The van der Waals surface area contributed by atoms with Crippen LogP contribution in [0.15, 0.2) is 58.8 Å². The number of amides is 1. The van der Waals surface area contributed by atoms with E-state index in [1.165, 1.54) is 0 Å². The summed E-state index contributed by atoms with van der Waals surface area (Å²) in [6.45, 7) is 3.37. The Balaban J connectivity index is 1.55. The van der Waals surface area contributed by atoms with Crippen molar-refractivity contribution < 1.29 is 4.79 Å². The van der Waals surface area contributed by atoms with Crippen LogP contribution in [0.25, 0.3) is 17.0 Å². The van der Waals surface area contributed by atoms with Gasteiger partial charge in [-0.3, -0.25) is 19.6 Å². The molecule has 1 aliphatic carbocycles. The van der Waals surface area contributed by atoms with Gasteiger partial charge in [0.2, 0.25) is 5.78 Å². The largest absolute Gasteiger partial charge is 0.305 e. The highest BCUT2D eigenvalue weighted by Crippen LogP contribution is 2.22. The molecule has 0 spiro atoms. The molecule has 1 saturated carbocycles. The van der Waals surface area contributed by atoms with Gasteiger partial charge in [-0.05, 0) is 25.6 Å². The van der Waals surface area contributed by atoms with E-state index >= 15 is 0 Å². The molecule has 3 aromatic rings. The van der Waals surface area contributed by atoms with E-state index in [0.29, 0.717) is 11.6 Å². The molecule has 1 fully saturated rings. The topological polar surface area (TPSA) is 108 Å². The highest BCUT2D eigenvalue weighted by molar-refractivity contribution is 6.45. The van der Waals surface area contributed by atoms with Gasteiger partial charge in [-0.1, -0.05) is 43.2 Å². The van der Waals surface area contributed by atoms with E-state index in [-0.39, 0.29) is 29.9 Å². The lowest BCUT2D eigenvalue weighted by molar-refractivity contribution is -0.110. The number of anilines is 1. The lowest BCUT2D eigenvalue weighted by Crippen LogP contribution is -2.27. The van der Waals surface area contributed by atoms with E-state index < -0.39 is 0 Å². The molecule has 30 heavy (non-hydrogen) atoms. The second-order valence-electron chi connectivity index (χ2n) is 7.26. The smallest absolute Gasteiger partial charge is 0.271 e. The highest BCUT2D eigenvalue weighted by Gasteiger charge is 2.20. The number of rotatable bonds is 6. The van der Waals surface area contributed by atoms with Crippen LogP contribution >= 0.6 is 0 Å². The summed E-state index contributed by atoms with van der Waals surface area (Å²) in [5.41, 5.74) is 2.09. The summed E-state index contributed by atoms with van der Waals surface area (Å²) >= 11 is 0. The summed E-state index contributed by atoms with van der Waals surface area (Å²) in [4.78, 5) is 30.1. The molecule has 152 valence electrons. The third-order valence-corrected chi connectivity index (χ3v) is 5.09. The molecule has 0 bridgehead atoms. The van der Waals surface area contributed by atoms with Crippen LogP contribution in [0.4, 0.5) is 5.82 Å². The summed E-state index contributed by atoms with van der Waals surface area (Å²) in [5, 5.41) is 10.6. The van der Waals surface area contributed by atoms with Gasteiger partial charge in [0.25, 0.3) is 5.91 Å². The van der Waals surface area contributed by atoms with E-state index in [1.54, 1.807) is 12.3 Å². The fourth-order valence-electron chi connectivity index (χ4n) is 3.53. The summed E-state index contributed by atoms with van der Waals surface area (Å²) in [5.74, 6) is 0.518. The van der Waals surface area contributed by atoms with Crippen LogP contribution in [0.2, 0.25) is 0 Å². The second kappa shape index (κ2) is 8.77. The number of aromatic nitrogens is 3. The van der Waals surface area contributed by atoms with Crippen molar-refractivity contribution in [3.05, 3.63) is 48.8 Å². The molecule has 8 nitrogen and oxygen atoms in total. The SMILES string of the molecule is C=NC(=N)CC(=NC1CCCC1)C(=O)Nc1ccn2cc(-c3ccccc3)nc2n1. The van der Waals surface area contributed by atoms with E-state index in [0.717, 1.165) is 36.9 Å².